The van der Waals surface area contributed by atoms with Crippen LogP contribution in [0.4, 0.5) is 5.69 Å². The van der Waals surface area contributed by atoms with Crippen LogP contribution in [0.1, 0.15) is 54.7 Å². The lowest BCUT2D eigenvalue weighted by atomic mass is 9.96. The molecule has 0 spiro atoms. The van der Waals surface area contributed by atoms with Crippen LogP contribution in [-0.4, -0.2) is 53.8 Å². The molecule has 42 heavy (non-hydrogen) atoms. The van der Waals surface area contributed by atoms with Crippen molar-refractivity contribution in [1.82, 2.24) is 19.7 Å². The number of benzene rings is 2. The van der Waals surface area contributed by atoms with Crippen molar-refractivity contribution in [2.24, 2.45) is 0 Å². The fourth-order valence-corrected chi connectivity index (χ4v) is 8.70. The van der Waals surface area contributed by atoms with Crippen LogP contribution in [0.2, 0.25) is 0 Å². The van der Waals surface area contributed by atoms with E-state index in [2.05, 4.69) is 33.7 Å². The molecule has 0 aliphatic heterocycles. The molecule has 0 fully saturated rings. The number of nitrogens with one attached hydrogen (secondary N) is 1. The first-order valence-corrected chi connectivity index (χ1v) is 17.3. The van der Waals surface area contributed by atoms with Crippen LogP contribution in [0.5, 0.6) is 0 Å². The summed E-state index contributed by atoms with van der Waals surface area (Å²) in [7, 11) is 0. The third-order valence-corrected chi connectivity index (χ3v) is 10.7. The second-order valence-electron chi connectivity index (χ2n) is 10.3. The number of anilines is 1. The summed E-state index contributed by atoms with van der Waals surface area (Å²) >= 11 is 5.90. The molecule has 0 radical (unpaired) electrons. The predicted molar refractivity (Wildman–Crippen MR) is 175 cm³/mol. The van der Waals surface area contributed by atoms with Crippen molar-refractivity contribution in [3.05, 3.63) is 58.7 Å². The molecule has 1 atom stereocenters. The van der Waals surface area contributed by atoms with Crippen molar-refractivity contribution in [1.29, 1.82) is 0 Å². The number of para-hydroxylation sites is 1. The third kappa shape index (κ3) is 7.23. The Bertz CT molecular complexity index is 1720. The van der Waals surface area contributed by atoms with Gasteiger partial charge in [0.05, 0.1) is 26.7 Å². The second-order valence-corrected chi connectivity index (χ2v) is 15.3. The zero-order chi connectivity index (χ0) is 29.8. The smallest absolute Gasteiger partial charge is 0.241 e. The molecule has 8 nitrogen and oxygen atoms in total. The first-order chi connectivity index (χ1) is 20.2. The maximum absolute atomic E-state index is 13.4. The van der Waals surface area contributed by atoms with Gasteiger partial charge in [-0.1, -0.05) is 53.1 Å². The van der Waals surface area contributed by atoms with E-state index in [1.165, 1.54) is 57.9 Å². The number of hydrogen-bond acceptors (Lipinski definition) is 10. The number of fused-ring (bicyclic) bond motifs is 4. The summed E-state index contributed by atoms with van der Waals surface area (Å²) in [6.07, 6.45) is 4.13. The number of amides is 1. The molecule has 3 heterocycles. The number of hydrogen-bond donors (Lipinski definition) is 2. The van der Waals surface area contributed by atoms with Gasteiger partial charge in [-0.2, -0.15) is 0 Å². The van der Waals surface area contributed by atoms with Crippen molar-refractivity contribution in [2.75, 3.05) is 11.1 Å². The Kier molecular flexibility index (Phi) is 10.00. The fraction of sp³-hybridized carbons (Fsp3) is 0.367. The highest BCUT2D eigenvalue weighted by Gasteiger charge is 2.23. The van der Waals surface area contributed by atoms with E-state index in [9.17, 15) is 9.59 Å². The van der Waals surface area contributed by atoms with Crippen molar-refractivity contribution in [3.63, 3.8) is 0 Å². The van der Waals surface area contributed by atoms with E-state index in [0.717, 1.165) is 54.4 Å². The van der Waals surface area contributed by atoms with Crippen LogP contribution in [0.15, 0.2) is 51.1 Å². The minimum absolute atomic E-state index is 0.0887. The maximum Gasteiger partial charge on any atom is 0.241 e. The van der Waals surface area contributed by atoms with Gasteiger partial charge in [0.2, 0.25) is 11.8 Å². The van der Waals surface area contributed by atoms with Crippen molar-refractivity contribution in [3.8, 4) is 0 Å². The number of rotatable bonds is 7. The summed E-state index contributed by atoms with van der Waals surface area (Å²) in [5, 5.41) is 20.9. The average molecular weight is 640 g/mol. The monoisotopic (exact) mass is 639 g/mol. The van der Waals surface area contributed by atoms with Gasteiger partial charge in [-0.3, -0.25) is 14.2 Å². The number of carbonyl (C=O) groups is 2. The number of nitrogens with zero attached hydrogens (tertiary/aromatic N) is 4. The van der Waals surface area contributed by atoms with E-state index in [1.807, 2.05) is 42.7 Å². The Balaban J connectivity index is 0.000000830. The number of aliphatic hydroxyl groups excluding tert-OH is 1. The molecule has 1 unspecified atom stereocenters. The zero-order valence-electron chi connectivity index (χ0n) is 23.9. The average Bonchev–Trinajstić information content (AvgIpc) is 3.66. The fourth-order valence-electron chi connectivity index (χ4n) is 4.79. The Morgan fingerprint density at radius 2 is 1.81 bits per heavy atom. The van der Waals surface area contributed by atoms with E-state index < -0.39 is 0 Å². The second kappa shape index (κ2) is 13.7. The van der Waals surface area contributed by atoms with Crippen LogP contribution in [-0.2, 0) is 17.6 Å². The van der Waals surface area contributed by atoms with E-state index in [1.54, 1.807) is 25.2 Å². The van der Waals surface area contributed by atoms with Gasteiger partial charge in [-0.15, -0.1) is 21.5 Å². The molecule has 3 aromatic heterocycles. The Hall–Kier alpha value is -2.77. The lowest BCUT2D eigenvalue weighted by Crippen LogP contribution is -2.22. The summed E-state index contributed by atoms with van der Waals surface area (Å²) in [5.74, 6) is 0.335. The number of aromatic nitrogens is 4. The summed E-state index contributed by atoms with van der Waals surface area (Å²) in [5.41, 5.74) is 5.12. The van der Waals surface area contributed by atoms with Crippen LogP contribution < -0.4 is 5.32 Å². The molecule has 12 heteroatoms. The van der Waals surface area contributed by atoms with Crippen molar-refractivity contribution >= 4 is 84.8 Å². The normalized spacial score (nSPS) is 13.6. The SMILES string of the molecule is CC(C)O.Cc1nnc(SC(C)C(=O)Nc2ccc3nc(SCC(=O)n4c5c(c6ccccc64)CCCC5)sc3c2)s1. The van der Waals surface area contributed by atoms with Crippen LogP contribution in [0.25, 0.3) is 21.1 Å². The summed E-state index contributed by atoms with van der Waals surface area (Å²) in [6, 6.07) is 14.0. The van der Waals surface area contributed by atoms with Gasteiger partial charge in [-0.25, -0.2) is 4.98 Å². The molecule has 5 aromatic rings. The Labute approximate surface area is 261 Å². The van der Waals surface area contributed by atoms with Gasteiger partial charge in [0.1, 0.15) is 5.01 Å². The minimum atomic E-state index is -0.299. The number of thiazole rings is 1. The number of thioether (sulfide) groups is 2. The number of carbonyl (C=O) groups excluding carboxylic acids is 2. The number of aryl methyl sites for hydroxylation is 2. The summed E-state index contributed by atoms with van der Waals surface area (Å²) < 4.78 is 4.55. The quantitative estimate of drug-likeness (QED) is 0.180. The Morgan fingerprint density at radius 3 is 2.57 bits per heavy atom. The van der Waals surface area contributed by atoms with Gasteiger partial charge in [0.15, 0.2) is 8.68 Å². The highest BCUT2D eigenvalue weighted by molar-refractivity contribution is 8.02. The minimum Gasteiger partial charge on any atom is -0.394 e. The van der Waals surface area contributed by atoms with Gasteiger partial charge < -0.3 is 10.4 Å². The van der Waals surface area contributed by atoms with Gasteiger partial charge in [0, 0.05) is 22.9 Å². The lowest BCUT2D eigenvalue weighted by molar-refractivity contribution is -0.115. The van der Waals surface area contributed by atoms with Crippen LogP contribution >= 0.6 is 46.2 Å². The van der Waals surface area contributed by atoms with Gasteiger partial charge in [0.25, 0.3) is 0 Å². The third-order valence-electron chi connectivity index (χ3n) is 6.54. The van der Waals surface area contributed by atoms with Crippen molar-refractivity contribution in [2.45, 2.75) is 73.4 Å². The highest BCUT2D eigenvalue weighted by atomic mass is 32.2. The molecule has 1 aliphatic rings. The summed E-state index contributed by atoms with van der Waals surface area (Å²) in [6.45, 7) is 7.20. The largest absolute Gasteiger partial charge is 0.394 e. The molecule has 1 aliphatic carbocycles. The van der Waals surface area contributed by atoms with Crippen LogP contribution in [0.3, 0.4) is 0 Å². The molecule has 2 aromatic carbocycles. The first-order valence-electron chi connectivity index (χ1n) is 13.8. The van der Waals surface area contributed by atoms with Gasteiger partial charge in [-0.05, 0) is 83.2 Å². The standard InChI is InChI=1S/C27H25N5O2S4.C3H8O/c1-15(36-27-31-30-16(2)37-27)25(34)28-17-11-12-20-23(13-17)38-26(29-20)35-14-24(33)32-21-9-5-3-7-18(21)19-8-4-6-10-22(19)32;1-3(2)4/h3,5,7,9,11-13,15H,4,6,8,10,14H2,1-2H3,(H,28,34);3-4H,1-2H3. The Morgan fingerprint density at radius 1 is 1.05 bits per heavy atom. The molecular formula is C30H33N5O3S4. The lowest BCUT2D eigenvalue weighted by Gasteiger charge is -2.14. The topological polar surface area (TPSA) is 110 Å². The molecule has 0 saturated heterocycles. The summed E-state index contributed by atoms with van der Waals surface area (Å²) in [4.78, 5) is 30.9. The number of aliphatic hydroxyl groups is 1. The first kappa shape index (κ1) is 30.7. The van der Waals surface area contributed by atoms with E-state index in [0.29, 0.717) is 5.75 Å². The molecule has 220 valence electrons. The molecule has 0 bridgehead atoms. The van der Waals surface area contributed by atoms with E-state index >= 15 is 0 Å². The zero-order valence-corrected chi connectivity index (χ0v) is 27.2. The van der Waals surface area contributed by atoms with E-state index in [4.69, 9.17) is 10.1 Å². The molecule has 1 amide bonds. The molecule has 0 saturated carbocycles. The van der Waals surface area contributed by atoms with Crippen LogP contribution in [0, 0.1) is 6.92 Å². The molecular weight excluding hydrogens is 607 g/mol. The molecule has 6 rings (SSSR count). The van der Waals surface area contributed by atoms with E-state index in [-0.39, 0.29) is 23.2 Å². The predicted octanol–water partition coefficient (Wildman–Crippen LogP) is 7.23. The maximum atomic E-state index is 13.4. The van der Waals surface area contributed by atoms with Crippen molar-refractivity contribution < 1.29 is 14.7 Å². The molecule has 2 N–H and O–H groups in total. The highest BCUT2D eigenvalue weighted by Crippen LogP contribution is 2.35. The van der Waals surface area contributed by atoms with Gasteiger partial charge >= 0.3 is 0 Å².